The monoisotopic (exact) mass is 338 g/mol. The fourth-order valence-corrected chi connectivity index (χ4v) is 4.34. The fraction of sp³-hybridized carbons (Fsp3) is 0.400. The van der Waals surface area contributed by atoms with Gasteiger partial charge in [-0.2, -0.15) is 0 Å². The van der Waals surface area contributed by atoms with Crippen molar-refractivity contribution in [1.82, 2.24) is 4.90 Å². The van der Waals surface area contributed by atoms with Gasteiger partial charge in [-0.25, -0.2) is 0 Å². The highest BCUT2D eigenvalue weighted by Gasteiger charge is 2.26. The van der Waals surface area contributed by atoms with Crippen LogP contribution in [0.2, 0.25) is 5.02 Å². The van der Waals surface area contributed by atoms with Crippen LogP contribution in [0.3, 0.4) is 0 Å². The zero-order chi connectivity index (χ0) is 15.9. The van der Waals surface area contributed by atoms with Crippen molar-refractivity contribution < 1.29 is 9.72 Å². The Hall–Kier alpha value is -1.66. The number of benzene rings is 1. The van der Waals surface area contributed by atoms with Gasteiger partial charge in [0.25, 0.3) is 11.6 Å². The molecule has 0 spiro atoms. The molecular formula is C15H15ClN2O3S. The molecule has 1 saturated heterocycles. The van der Waals surface area contributed by atoms with Gasteiger partial charge >= 0.3 is 0 Å². The molecule has 0 aliphatic carbocycles. The van der Waals surface area contributed by atoms with E-state index >= 15 is 0 Å². The Morgan fingerprint density at radius 1 is 1.50 bits per heavy atom. The molecule has 0 radical (unpaired) electrons. The first-order valence-electron chi connectivity index (χ1n) is 7.13. The highest BCUT2D eigenvalue weighted by atomic mass is 35.5. The number of nitrogens with zero attached hydrogens (tertiary/aromatic N) is 2. The average Bonchev–Trinajstić information content (AvgIpc) is 2.83. The normalized spacial score (nSPS) is 18.6. The summed E-state index contributed by atoms with van der Waals surface area (Å²) in [6, 6.07) is 4.50. The van der Waals surface area contributed by atoms with Crippen molar-refractivity contribution in [3.05, 3.63) is 38.2 Å². The summed E-state index contributed by atoms with van der Waals surface area (Å²) in [5, 5.41) is 12.0. The second-order valence-corrected chi connectivity index (χ2v) is 7.11. The van der Waals surface area contributed by atoms with E-state index in [0.29, 0.717) is 25.9 Å². The Kier molecular flexibility index (Phi) is 4.06. The first-order valence-corrected chi connectivity index (χ1v) is 8.32. The molecule has 0 bridgehead atoms. The third-order valence-corrected chi connectivity index (χ3v) is 5.61. The second kappa shape index (κ2) is 5.85. The maximum absolute atomic E-state index is 12.7. The van der Waals surface area contributed by atoms with Gasteiger partial charge in [-0.1, -0.05) is 18.5 Å². The number of thiophene rings is 1. The number of hydrogen-bond acceptors (Lipinski definition) is 4. The Morgan fingerprint density at radius 3 is 2.95 bits per heavy atom. The summed E-state index contributed by atoms with van der Waals surface area (Å²) >= 11 is 7.56. The molecule has 1 aromatic carbocycles. The van der Waals surface area contributed by atoms with Crippen molar-refractivity contribution in [2.75, 3.05) is 13.1 Å². The minimum absolute atomic E-state index is 0.0102. The Balaban J connectivity index is 1.98. The van der Waals surface area contributed by atoms with Crippen molar-refractivity contribution >= 4 is 44.6 Å². The van der Waals surface area contributed by atoms with Crippen molar-refractivity contribution in [2.24, 2.45) is 5.92 Å². The third kappa shape index (κ3) is 2.68. The van der Waals surface area contributed by atoms with Gasteiger partial charge in [0.15, 0.2) is 0 Å². The van der Waals surface area contributed by atoms with Crippen LogP contribution in [0.5, 0.6) is 0 Å². The summed E-state index contributed by atoms with van der Waals surface area (Å²) in [6.07, 6.45) is 2.14. The van der Waals surface area contributed by atoms with E-state index in [4.69, 9.17) is 11.6 Å². The summed E-state index contributed by atoms with van der Waals surface area (Å²) in [7, 11) is 0. The van der Waals surface area contributed by atoms with Crippen LogP contribution in [0.1, 0.15) is 29.4 Å². The van der Waals surface area contributed by atoms with Crippen LogP contribution < -0.4 is 0 Å². The van der Waals surface area contributed by atoms with E-state index in [1.807, 2.05) is 4.90 Å². The number of non-ortho nitro benzene ring substituents is 1. The number of hydrogen-bond donors (Lipinski definition) is 0. The van der Waals surface area contributed by atoms with Gasteiger partial charge in [0.1, 0.15) is 4.88 Å². The van der Waals surface area contributed by atoms with Gasteiger partial charge in [-0.05, 0) is 24.8 Å². The van der Waals surface area contributed by atoms with Crippen molar-refractivity contribution in [3.8, 4) is 0 Å². The van der Waals surface area contributed by atoms with Crippen molar-refractivity contribution in [3.63, 3.8) is 0 Å². The van der Waals surface area contributed by atoms with E-state index in [1.165, 1.54) is 23.5 Å². The topological polar surface area (TPSA) is 63.5 Å². The summed E-state index contributed by atoms with van der Waals surface area (Å²) in [5.41, 5.74) is 0.0102. The lowest BCUT2D eigenvalue weighted by molar-refractivity contribution is -0.384. The maximum atomic E-state index is 12.7. The highest BCUT2D eigenvalue weighted by molar-refractivity contribution is 7.21. The molecule has 2 aromatic rings. The number of halogens is 1. The van der Waals surface area contributed by atoms with E-state index < -0.39 is 4.92 Å². The summed E-state index contributed by atoms with van der Waals surface area (Å²) in [4.78, 5) is 25.4. The first kappa shape index (κ1) is 15.2. The van der Waals surface area contributed by atoms with E-state index in [0.717, 1.165) is 25.9 Å². The van der Waals surface area contributed by atoms with Gasteiger partial charge in [0, 0.05) is 35.3 Å². The summed E-state index contributed by atoms with van der Waals surface area (Å²) in [5.74, 6) is 0.423. The highest BCUT2D eigenvalue weighted by Crippen LogP contribution is 2.38. The molecule has 0 saturated carbocycles. The van der Waals surface area contributed by atoms with Crippen LogP contribution >= 0.6 is 22.9 Å². The average molecular weight is 339 g/mol. The number of carbonyl (C=O) groups excluding carboxylic acids is 1. The summed E-state index contributed by atoms with van der Waals surface area (Å²) in [6.45, 7) is 3.62. The molecule has 1 aliphatic rings. The van der Waals surface area contributed by atoms with E-state index in [9.17, 15) is 14.9 Å². The molecule has 116 valence electrons. The molecule has 3 rings (SSSR count). The molecule has 0 unspecified atom stereocenters. The van der Waals surface area contributed by atoms with Crippen LogP contribution in [-0.2, 0) is 0 Å². The molecule has 1 fully saturated rings. The molecule has 7 heteroatoms. The van der Waals surface area contributed by atoms with Crippen LogP contribution in [0.15, 0.2) is 18.2 Å². The van der Waals surface area contributed by atoms with Gasteiger partial charge in [0.2, 0.25) is 0 Å². The number of piperidine rings is 1. The lowest BCUT2D eigenvalue weighted by Crippen LogP contribution is -2.38. The maximum Gasteiger partial charge on any atom is 0.270 e. The predicted molar refractivity (Wildman–Crippen MR) is 87.8 cm³/mol. The van der Waals surface area contributed by atoms with Crippen LogP contribution in [-0.4, -0.2) is 28.8 Å². The van der Waals surface area contributed by atoms with Crippen molar-refractivity contribution in [2.45, 2.75) is 19.8 Å². The number of nitro benzene ring substituents is 1. The lowest BCUT2D eigenvalue weighted by atomic mass is 10.0. The Labute approximate surface area is 136 Å². The number of amides is 1. The minimum atomic E-state index is -0.444. The van der Waals surface area contributed by atoms with Gasteiger partial charge < -0.3 is 4.90 Å². The second-order valence-electron chi connectivity index (χ2n) is 5.68. The predicted octanol–water partition coefficient (Wildman–Crippen LogP) is 4.34. The first-order chi connectivity index (χ1) is 10.5. The number of nitro groups is 1. The molecule has 22 heavy (non-hydrogen) atoms. The quantitative estimate of drug-likeness (QED) is 0.604. The zero-order valence-electron chi connectivity index (χ0n) is 12.0. The van der Waals surface area contributed by atoms with E-state index in [2.05, 4.69) is 6.92 Å². The van der Waals surface area contributed by atoms with Crippen LogP contribution in [0.25, 0.3) is 10.1 Å². The zero-order valence-corrected chi connectivity index (χ0v) is 13.6. The molecule has 1 atom stereocenters. The van der Waals surface area contributed by atoms with Gasteiger partial charge in [0.05, 0.1) is 9.95 Å². The molecular weight excluding hydrogens is 324 g/mol. The Morgan fingerprint density at radius 2 is 2.27 bits per heavy atom. The number of likely N-dealkylation sites (tertiary alicyclic amines) is 1. The smallest absolute Gasteiger partial charge is 0.270 e. The lowest BCUT2D eigenvalue weighted by Gasteiger charge is -2.30. The molecule has 1 amide bonds. The van der Waals surface area contributed by atoms with Gasteiger partial charge in [-0.3, -0.25) is 14.9 Å². The molecule has 1 aromatic heterocycles. The fourth-order valence-electron chi connectivity index (χ4n) is 2.82. The third-order valence-electron chi connectivity index (χ3n) is 3.96. The number of rotatable bonds is 2. The minimum Gasteiger partial charge on any atom is -0.338 e. The molecule has 0 N–H and O–H groups in total. The van der Waals surface area contributed by atoms with Crippen LogP contribution in [0, 0.1) is 16.0 Å². The van der Waals surface area contributed by atoms with E-state index in [1.54, 1.807) is 6.07 Å². The standard InChI is InChI=1S/C15H15ClN2O3S/c1-9-3-2-6-17(8-9)15(19)14-13(16)11-5-4-10(18(20)21)7-12(11)22-14/h4-5,7,9H,2-3,6,8H2,1H3/t9-/m1/s1. The van der Waals surface area contributed by atoms with Crippen LogP contribution in [0.4, 0.5) is 5.69 Å². The molecule has 5 nitrogen and oxygen atoms in total. The summed E-state index contributed by atoms with van der Waals surface area (Å²) < 4.78 is 0.674. The largest absolute Gasteiger partial charge is 0.338 e. The number of carbonyl (C=O) groups is 1. The SMILES string of the molecule is C[C@@H]1CCCN(C(=O)c2sc3cc([N+](=O)[O-])ccc3c2Cl)C1. The van der Waals surface area contributed by atoms with Crippen molar-refractivity contribution in [1.29, 1.82) is 0 Å². The molecule has 1 aliphatic heterocycles. The van der Waals surface area contributed by atoms with E-state index in [-0.39, 0.29) is 11.6 Å². The Bertz CT molecular complexity index is 759. The van der Waals surface area contributed by atoms with Gasteiger partial charge in [-0.15, -0.1) is 11.3 Å². The molecule has 2 heterocycles. The number of fused-ring (bicyclic) bond motifs is 1.